The van der Waals surface area contributed by atoms with Gasteiger partial charge in [-0.15, -0.1) is 0 Å². The number of unbranched alkanes of at least 4 members (excludes halogenated alkanes) is 1. The van der Waals surface area contributed by atoms with Crippen molar-refractivity contribution in [3.63, 3.8) is 0 Å². The third kappa shape index (κ3) is 3.44. The largest absolute Gasteiger partial charge is 0.0654 e. The van der Waals surface area contributed by atoms with Crippen LogP contribution < -0.4 is 0 Å². The summed E-state index contributed by atoms with van der Waals surface area (Å²) in [4.78, 5) is 0. The first-order chi connectivity index (χ1) is 5.72. The second kappa shape index (κ2) is 5.22. The smallest absolute Gasteiger partial charge is 0.0188 e. The predicted molar refractivity (Wildman–Crippen MR) is 65.5 cm³/mol. The molecule has 0 heterocycles. The van der Waals surface area contributed by atoms with Crippen molar-refractivity contribution in [1.29, 1.82) is 0 Å². The Morgan fingerprint density at radius 3 is 2.67 bits per heavy atom. The van der Waals surface area contributed by atoms with Gasteiger partial charge < -0.3 is 0 Å². The topological polar surface area (TPSA) is 0 Å². The summed E-state index contributed by atoms with van der Waals surface area (Å²) in [5.74, 6) is 0. The molecule has 0 atom stereocenters. The summed E-state index contributed by atoms with van der Waals surface area (Å²) in [6.45, 7) is 2.23. The lowest BCUT2D eigenvalue weighted by Gasteiger charge is -2.01. The van der Waals surface area contributed by atoms with E-state index in [1.54, 1.807) is 0 Å². The minimum Gasteiger partial charge on any atom is -0.0654 e. The van der Waals surface area contributed by atoms with Gasteiger partial charge in [0, 0.05) is 8.04 Å². The van der Waals surface area contributed by atoms with E-state index in [0.29, 0.717) is 0 Å². The van der Waals surface area contributed by atoms with Crippen molar-refractivity contribution >= 4 is 38.5 Å². The summed E-state index contributed by atoms with van der Waals surface area (Å²) < 4.78 is 2.51. The highest BCUT2D eigenvalue weighted by Crippen LogP contribution is 2.18. The number of benzene rings is 1. The summed E-state index contributed by atoms with van der Waals surface area (Å²) in [7, 11) is 0. The van der Waals surface area contributed by atoms with E-state index in [1.807, 2.05) is 0 Å². The van der Waals surface area contributed by atoms with Crippen molar-refractivity contribution in [2.75, 3.05) is 0 Å². The van der Waals surface area contributed by atoms with Gasteiger partial charge in [0.05, 0.1) is 0 Å². The monoisotopic (exact) mass is 338 g/mol. The third-order valence-electron chi connectivity index (χ3n) is 1.74. The highest BCUT2D eigenvalue weighted by Gasteiger charge is 1.96. The molecule has 0 aliphatic rings. The number of hydrogen-bond donors (Lipinski definition) is 0. The molecule has 1 rings (SSSR count). The van der Waals surface area contributed by atoms with Gasteiger partial charge >= 0.3 is 0 Å². The second-order valence-corrected chi connectivity index (χ2v) is 5.04. The molecule has 0 aliphatic carbocycles. The molecule has 0 nitrogen and oxygen atoms in total. The highest BCUT2D eigenvalue weighted by atomic mass is 127. The van der Waals surface area contributed by atoms with Gasteiger partial charge in [-0.3, -0.25) is 0 Å². The molecule has 2 heteroatoms. The van der Waals surface area contributed by atoms with E-state index in [-0.39, 0.29) is 0 Å². The van der Waals surface area contributed by atoms with Gasteiger partial charge in [0.2, 0.25) is 0 Å². The molecule has 1 aromatic rings. The predicted octanol–water partition coefficient (Wildman–Crippen LogP) is 4.40. The van der Waals surface area contributed by atoms with Crippen molar-refractivity contribution in [2.45, 2.75) is 26.2 Å². The van der Waals surface area contributed by atoms with Crippen LogP contribution in [-0.4, -0.2) is 0 Å². The second-order valence-electron chi connectivity index (χ2n) is 2.88. The molecule has 0 unspecified atom stereocenters. The van der Waals surface area contributed by atoms with Crippen molar-refractivity contribution in [1.82, 2.24) is 0 Å². The van der Waals surface area contributed by atoms with Crippen LogP contribution in [0.25, 0.3) is 0 Å². The first-order valence-electron chi connectivity index (χ1n) is 4.17. The molecular formula is C10H12BrI. The first kappa shape index (κ1) is 10.5. The van der Waals surface area contributed by atoms with E-state index in [9.17, 15) is 0 Å². The van der Waals surface area contributed by atoms with Crippen LogP contribution >= 0.6 is 38.5 Å². The zero-order valence-electron chi connectivity index (χ0n) is 7.11. The molecule has 0 bridgehead atoms. The van der Waals surface area contributed by atoms with Gasteiger partial charge in [-0.1, -0.05) is 29.3 Å². The van der Waals surface area contributed by atoms with Crippen LogP contribution in [0.2, 0.25) is 0 Å². The molecule has 1 aromatic carbocycles. The lowest BCUT2D eigenvalue weighted by Crippen LogP contribution is -1.85. The van der Waals surface area contributed by atoms with Crippen LogP contribution in [0.3, 0.4) is 0 Å². The lowest BCUT2D eigenvalue weighted by molar-refractivity contribution is 0.794. The van der Waals surface area contributed by atoms with E-state index in [2.05, 4.69) is 63.6 Å². The Balaban J connectivity index is 2.72. The molecule has 0 saturated heterocycles. The van der Waals surface area contributed by atoms with Crippen LogP contribution in [0.1, 0.15) is 25.3 Å². The van der Waals surface area contributed by atoms with Gasteiger partial charge in [0.15, 0.2) is 0 Å². The zero-order valence-corrected chi connectivity index (χ0v) is 10.9. The number of halogens is 2. The van der Waals surface area contributed by atoms with Crippen molar-refractivity contribution in [3.05, 3.63) is 31.8 Å². The van der Waals surface area contributed by atoms with Crippen molar-refractivity contribution in [2.24, 2.45) is 0 Å². The van der Waals surface area contributed by atoms with Crippen LogP contribution in [0.4, 0.5) is 0 Å². The van der Waals surface area contributed by atoms with Gasteiger partial charge in [0.1, 0.15) is 0 Å². The number of aryl methyl sites for hydroxylation is 1. The van der Waals surface area contributed by atoms with Crippen LogP contribution in [0.15, 0.2) is 22.7 Å². The van der Waals surface area contributed by atoms with Gasteiger partial charge in [-0.05, 0) is 59.2 Å². The summed E-state index contributed by atoms with van der Waals surface area (Å²) in [5.41, 5.74) is 1.44. The maximum atomic E-state index is 3.50. The van der Waals surface area contributed by atoms with E-state index in [4.69, 9.17) is 0 Å². The molecule has 0 spiro atoms. The van der Waals surface area contributed by atoms with Crippen molar-refractivity contribution in [3.8, 4) is 0 Å². The van der Waals surface area contributed by atoms with E-state index < -0.39 is 0 Å². The standard InChI is InChI=1S/C10H12BrI/c1-2-3-4-8-5-9(11)7-10(12)6-8/h5-7H,2-4H2,1H3. The minimum atomic E-state index is 1.19. The van der Waals surface area contributed by atoms with Gasteiger partial charge in [-0.25, -0.2) is 0 Å². The normalized spacial score (nSPS) is 10.2. The summed E-state index contributed by atoms with van der Waals surface area (Å²) in [6, 6.07) is 6.59. The minimum absolute atomic E-state index is 1.19. The highest BCUT2D eigenvalue weighted by molar-refractivity contribution is 14.1. The summed E-state index contributed by atoms with van der Waals surface area (Å²) >= 11 is 5.85. The fourth-order valence-electron chi connectivity index (χ4n) is 1.14. The fourth-order valence-corrected chi connectivity index (χ4v) is 2.84. The Morgan fingerprint density at radius 2 is 2.08 bits per heavy atom. The van der Waals surface area contributed by atoms with Crippen LogP contribution in [0.5, 0.6) is 0 Å². The Hall–Kier alpha value is 0.430. The Labute approximate surface area is 96.0 Å². The SMILES string of the molecule is CCCCc1cc(Br)cc(I)c1. The number of rotatable bonds is 3. The quantitative estimate of drug-likeness (QED) is 0.717. The van der Waals surface area contributed by atoms with E-state index in [0.717, 1.165) is 0 Å². The Bertz CT molecular complexity index is 238. The summed E-state index contributed by atoms with van der Waals surface area (Å²) in [5, 5.41) is 0. The molecule has 12 heavy (non-hydrogen) atoms. The average molecular weight is 339 g/mol. The zero-order chi connectivity index (χ0) is 8.97. The molecule has 0 saturated carbocycles. The van der Waals surface area contributed by atoms with Crippen molar-refractivity contribution < 1.29 is 0 Å². The summed E-state index contributed by atoms with van der Waals surface area (Å²) in [6.07, 6.45) is 3.75. The molecule has 0 aromatic heterocycles. The van der Waals surface area contributed by atoms with Gasteiger partial charge in [0.25, 0.3) is 0 Å². The third-order valence-corrected chi connectivity index (χ3v) is 2.82. The van der Waals surface area contributed by atoms with E-state index in [1.165, 1.54) is 32.9 Å². The van der Waals surface area contributed by atoms with Crippen LogP contribution in [0, 0.1) is 3.57 Å². The Morgan fingerprint density at radius 1 is 1.33 bits per heavy atom. The fraction of sp³-hybridized carbons (Fsp3) is 0.400. The molecule has 0 aliphatic heterocycles. The Kier molecular flexibility index (Phi) is 4.57. The average Bonchev–Trinajstić information content (AvgIpc) is 1.99. The molecule has 0 radical (unpaired) electrons. The van der Waals surface area contributed by atoms with E-state index >= 15 is 0 Å². The lowest BCUT2D eigenvalue weighted by atomic mass is 10.1. The maximum Gasteiger partial charge on any atom is 0.0188 e. The molecule has 66 valence electrons. The number of hydrogen-bond acceptors (Lipinski definition) is 0. The molecule has 0 amide bonds. The molecule has 0 N–H and O–H groups in total. The molecular weight excluding hydrogens is 327 g/mol. The molecule has 0 fully saturated rings. The maximum absolute atomic E-state index is 3.50. The van der Waals surface area contributed by atoms with Crippen LogP contribution in [-0.2, 0) is 6.42 Å². The first-order valence-corrected chi connectivity index (χ1v) is 6.04. The van der Waals surface area contributed by atoms with Gasteiger partial charge in [-0.2, -0.15) is 0 Å².